The minimum Gasteiger partial charge on any atom is -0.489 e. The fraction of sp³-hybridized carbons (Fsp3) is 0.280. The van der Waals surface area contributed by atoms with Crippen LogP contribution in [0.2, 0.25) is 0 Å². The molecule has 9 nitrogen and oxygen atoms in total. The van der Waals surface area contributed by atoms with Gasteiger partial charge in [0.25, 0.3) is 5.91 Å². The standard InChI is InChI=1S/C25H26N4O5/c1-16-12-18(20-4-2-3-5-21(20)27-16)14-34-19-8-6-17(7-9-19)24(32)28-25(13-23(31)29-33)11-10-22(30)26-15-25/h2-9,12,33H,10-11,13-15H2,1H3,(H,26,30)(H,28,32)(H,29,31). The van der Waals surface area contributed by atoms with Gasteiger partial charge in [-0.05, 0) is 49.7 Å². The van der Waals surface area contributed by atoms with Gasteiger partial charge < -0.3 is 15.4 Å². The number of carbonyl (C=O) groups excluding carboxylic acids is 3. The van der Waals surface area contributed by atoms with E-state index in [2.05, 4.69) is 15.6 Å². The van der Waals surface area contributed by atoms with E-state index in [9.17, 15) is 14.4 Å². The van der Waals surface area contributed by atoms with Gasteiger partial charge in [-0.1, -0.05) is 18.2 Å². The van der Waals surface area contributed by atoms with Crippen LogP contribution < -0.4 is 20.9 Å². The molecule has 0 spiro atoms. The molecule has 0 radical (unpaired) electrons. The molecule has 34 heavy (non-hydrogen) atoms. The number of amides is 3. The minimum absolute atomic E-state index is 0.103. The number of aromatic nitrogens is 1. The lowest BCUT2D eigenvalue weighted by molar-refractivity contribution is -0.132. The Morgan fingerprint density at radius 1 is 1.18 bits per heavy atom. The molecule has 3 amide bonds. The summed E-state index contributed by atoms with van der Waals surface area (Å²) in [7, 11) is 0. The molecule has 1 aromatic heterocycles. The number of piperidine rings is 1. The monoisotopic (exact) mass is 462 g/mol. The third kappa shape index (κ3) is 5.32. The number of nitrogens with one attached hydrogen (secondary N) is 3. The maximum absolute atomic E-state index is 12.9. The highest BCUT2D eigenvalue weighted by molar-refractivity contribution is 5.95. The predicted octanol–water partition coefficient (Wildman–Crippen LogP) is 2.40. The van der Waals surface area contributed by atoms with E-state index >= 15 is 0 Å². The molecule has 1 fully saturated rings. The maximum atomic E-state index is 12.9. The Labute approximate surface area is 196 Å². The molecular weight excluding hydrogens is 436 g/mol. The van der Waals surface area contributed by atoms with Crippen molar-refractivity contribution in [2.24, 2.45) is 0 Å². The van der Waals surface area contributed by atoms with Crippen LogP contribution in [0, 0.1) is 6.92 Å². The molecule has 176 valence electrons. The quantitative estimate of drug-likeness (QED) is 0.315. The fourth-order valence-electron chi connectivity index (χ4n) is 4.14. The van der Waals surface area contributed by atoms with Crippen LogP contribution in [-0.4, -0.2) is 40.0 Å². The third-order valence-corrected chi connectivity index (χ3v) is 5.90. The first kappa shape index (κ1) is 23.2. The largest absolute Gasteiger partial charge is 0.489 e. The molecule has 3 aromatic rings. The van der Waals surface area contributed by atoms with E-state index < -0.39 is 11.4 Å². The summed E-state index contributed by atoms with van der Waals surface area (Å²) in [5.74, 6) is -0.564. The van der Waals surface area contributed by atoms with Crippen molar-refractivity contribution in [2.45, 2.75) is 38.3 Å². The summed E-state index contributed by atoms with van der Waals surface area (Å²) in [5.41, 5.74) is 3.84. The van der Waals surface area contributed by atoms with Gasteiger partial charge in [0.15, 0.2) is 0 Å². The van der Waals surface area contributed by atoms with Gasteiger partial charge in [0.05, 0.1) is 17.5 Å². The summed E-state index contributed by atoms with van der Waals surface area (Å²) >= 11 is 0. The van der Waals surface area contributed by atoms with Crippen molar-refractivity contribution in [3.63, 3.8) is 0 Å². The van der Waals surface area contributed by atoms with Crippen molar-refractivity contribution in [3.05, 3.63) is 71.4 Å². The summed E-state index contributed by atoms with van der Waals surface area (Å²) in [5, 5.41) is 15.5. The summed E-state index contributed by atoms with van der Waals surface area (Å²) < 4.78 is 5.95. The molecule has 9 heteroatoms. The van der Waals surface area contributed by atoms with Gasteiger partial charge in [-0.25, -0.2) is 5.48 Å². The summed E-state index contributed by atoms with van der Waals surface area (Å²) in [6, 6.07) is 16.6. The normalized spacial score (nSPS) is 17.6. The van der Waals surface area contributed by atoms with Gasteiger partial charge in [0, 0.05) is 35.2 Å². The molecule has 1 saturated heterocycles. The SMILES string of the molecule is Cc1cc(COc2ccc(C(=O)NC3(CC(=O)NO)CCC(=O)NC3)cc2)c2ccccc2n1. The second kappa shape index (κ2) is 9.88. The highest BCUT2D eigenvalue weighted by atomic mass is 16.5. The first-order chi connectivity index (χ1) is 16.4. The number of aryl methyl sites for hydroxylation is 1. The van der Waals surface area contributed by atoms with Crippen molar-refractivity contribution >= 4 is 28.6 Å². The van der Waals surface area contributed by atoms with E-state index in [0.29, 0.717) is 24.3 Å². The molecule has 0 aliphatic carbocycles. The molecule has 1 aliphatic rings. The number of rotatable bonds is 7. The minimum atomic E-state index is -0.979. The first-order valence-electron chi connectivity index (χ1n) is 11.0. The molecule has 1 unspecified atom stereocenters. The number of fused-ring (bicyclic) bond motifs is 1. The molecule has 4 N–H and O–H groups in total. The zero-order valence-electron chi connectivity index (χ0n) is 18.8. The molecule has 2 aromatic carbocycles. The molecule has 4 rings (SSSR count). The van der Waals surface area contributed by atoms with Crippen molar-refractivity contribution in [1.29, 1.82) is 0 Å². The second-order valence-electron chi connectivity index (χ2n) is 8.48. The lowest BCUT2D eigenvalue weighted by Crippen LogP contribution is -2.60. The third-order valence-electron chi connectivity index (χ3n) is 5.90. The fourth-order valence-corrected chi connectivity index (χ4v) is 4.14. The van der Waals surface area contributed by atoms with E-state index in [1.165, 1.54) is 0 Å². The van der Waals surface area contributed by atoms with Crippen LogP contribution in [-0.2, 0) is 16.2 Å². The summed E-state index contributed by atoms with van der Waals surface area (Å²) in [6.07, 6.45) is 0.309. The van der Waals surface area contributed by atoms with Gasteiger partial charge in [0.2, 0.25) is 11.8 Å². The lowest BCUT2D eigenvalue weighted by atomic mass is 9.85. The van der Waals surface area contributed by atoms with Crippen LogP contribution in [0.15, 0.2) is 54.6 Å². The number of hydrogen-bond donors (Lipinski definition) is 4. The van der Waals surface area contributed by atoms with Crippen LogP contribution in [0.3, 0.4) is 0 Å². The zero-order valence-corrected chi connectivity index (χ0v) is 18.8. The molecule has 2 heterocycles. The lowest BCUT2D eigenvalue weighted by Gasteiger charge is -2.37. The molecule has 0 bridgehead atoms. The van der Waals surface area contributed by atoms with Crippen molar-refractivity contribution < 1.29 is 24.3 Å². The van der Waals surface area contributed by atoms with Crippen LogP contribution in [0.5, 0.6) is 5.75 Å². The Morgan fingerprint density at radius 3 is 2.65 bits per heavy atom. The Bertz CT molecular complexity index is 1220. The molecule has 0 saturated carbocycles. The van der Waals surface area contributed by atoms with Gasteiger partial charge in [-0.2, -0.15) is 0 Å². The van der Waals surface area contributed by atoms with E-state index in [1.807, 2.05) is 37.3 Å². The first-order valence-corrected chi connectivity index (χ1v) is 11.0. The Kier molecular flexibility index (Phi) is 6.74. The number of pyridine rings is 1. The Balaban J connectivity index is 1.43. The highest BCUT2D eigenvalue weighted by Crippen LogP contribution is 2.23. The smallest absolute Gasteiger partial charge is 0.251 e. The number of carbonyl (C=O) groups is 3. The number of benzene rings is 2. The van der Waals surface area contributed by atoms with E-state index in [1.54, 1.807) is 29.7 Å². The van der Waals surface area contributed by atoms with Gasteiger partial charge in [-0.15, -0.1) is 0 Å². The highest BCUT2D eigenvalue weighted by Gasteiger charge is 2.38. The van der Waals surface area contributed by atoms with Crippen LogP contribution in [0.25, 0.3) is 10.9 Å². The zero-order chi connectivity index (χ0) is 24.1. The number of nitrogens with zero attached hydrogens (tertiary/aromatic N) is 1. The van der Waals surface area contributed by atoms with Gasteiger partial charge in [-0.3, -0.25) is 24.6 Å². The number of hydrogen-bond acceptors (Lipinski definition) is 6. The Morgan fingerprint density at radius 2 is 1.94 bits per heavy atom. The topological polar surface area (TPSA) is 130 Å². The number of ether oxygens (including phenoxy) is 1. The van der Waals surface area contributed by atoms with Gasteiger partial charge in [0.1, 0.15) is 12.4 Å². The number of para-hydroxylation sites is 1. The van der Waals surface area contributed by atoms with Crippen LogP contribution >= 0.6 is 0 Å². The predicted molar refractivity (Wildman–Crippen MR) is 124 cm³/mol. The van der Waals surface area contributed by atoms with Crippen LogP contribution in [0.4, 0.5) is 0 Å². The van der Waals surface area contributed by atoms with Crippen molar-refractivity contribution in [1.82, 2.24) is 21.1 Å². The second-order valence-corrected chi connectivity index (χ2v) is 8.48. The Hall–Kier alpha value is -3.98. The summed E-state index contributed by atoms with van der Waals surface area (Å²) in [4.78, 5) is 40.8. The van der Waals surface area contributed by atoms with Gasteiger partial charge >= 0.3 is 0 Å². The molecule has 1 atom stereocenters. The maximum Gasteiger partial charge on any atom is 0.251 e. The summed E-state index contributed by atoms with van der Waals surface area (Å²) in [6.45, 7) is 2.40. The van der Waals surface area contributed by atoms with Crippen LogP contribution in [0.1, 0.15) is 40.9 Å². The molecule has 1 aliphatic heterocycles. The van der Waals surface area contributed by atoms with Crippen molar-refractivity contribution in [3.8, 4) is 5.75 Å². The van der Waals surface area contributed by atoms with Crippen molar-refractivity contribution in [2.75, 3.05) is 6.54 Å². The molecular formula is C25H26N4O5. The number of hydroxylamine groups is 1. The average molecular weight is 463 g/mol. The van der Waals surface area contributed by atoms with E-state index in [-0.39, 0.29) is 31.2 Å². The van der Waals surface area contributed by atoms with E-state index in [4.69, 9.17) is 9.94 Å². The van der Waals surface area contributed by atoms with E-state index in [0.717, 1.165) is 22.2 Å². The average Bonchev–Trinajstić information content (AvgIpc) is 2.84.